The van der Waals surface area contributed by atoms with E-state index in [0.717, 1.165) is 18.5 Å². The number of carbonyl (C=O) groups is 1. The lowest BCUT2D eigenvalue weighted by Crippen LogP contribution is -2.44. The van der Waals surface area contributed by atoms with Crippen LogP contribution in [-0.2, 0) is 11.2 Å². The van der Waals surface area contributed by atoms with E-state index in [-0.39, 0.29) is 18.7 Å². The Labute approximate surface area is 154 Å². The van der Waals surface area contributed by atoms with Crippen LogP contribution >= 0.6 is 0 Å². The minimum absolute atomic E-state index is 0.138. The number of unbranched alkanes of at least 4 members (excludes halogenated alkanes) is 2. The average Bonchev–Trinajstić information content (AvgIpc) is 2.65. The van der Waals surface area contributed by atoms with Gasteiger partial charge in [-0.3, -0.25) is 9.88 Å². The van der Waals surface area contributed by atoms with E-state index < -0.39 is 6.10 Å². The summed E-state index contributed by atoms with van der Waals surface area (Å²) >= 11 is 0. The van der Waals surface area contributed by atoms with Crippen molar-refractivity contribution in [3.8, 4) is 11.8 Å². The average molecular weight is 358 g/mol. The van der Waals surface area contributed by atoms with Gasteiger partial charge in [0.2, 0.25) is 0 Å². The van der Waals surface area contributed by atoms with Gasteiger partial charge in [0.25, 0.3) is 0 Å². The molecule has 0 aliphatic carbocycles. The zero-order valence-corrected chi connectivity index (χ0v) is 14.9. The van der Waals surface area contributed by atoms with Crippen molar-refractivity contribution in [1.82, 2.24) is 9.88 Å². The second-order valence-corrected chi connectivity index (χ2v) is 6.11. The summed E-state index contributed by atoms with van der Waals surface area (Å²) in [6.07, 6.45) is 7.60. The molecular weight excluding hydrogens is 332 g/mol. The number of carbonyl (C=O) groups excluding carboxylic acids is 1. The van der Waals surface area contributed by atoms with Crippen LogP contribution in [0.15, 0.2) is 36.5 Å². The van der Waals surface area contributed by atoms with Crippen molar-refractivity contribution in [2.45, 2.75) is 44.2 Å². The number of rotatable bonds is 8. The molecule has 1 aliphatic rings. The summed E-state index contributed by atoms with van der Waals surface area (Å²) in [5.74, 6) is 6.00. The number of amides is 1. The molecule has 0 spiro atoms. The fourth-order valence-electron chi connectivity index (χ4n) is 2.64. The van der Waals surface area contributed by atoms with Crippen LogP contribution in [0, 0.1) is 11.8 Å². The lowest BCUT2D eigenvalue weighted by atomic mass is 10.1. The first kappa shape index (κ1) is 20.0. The lowest BCUT2D eigenvalue weighted by Gasteiger charge is -2.31. The van der Waals surface area contributed by atoms with Gasteiger partial charge in [-0.25, -0.2) is 4.79 Å². The molecule has 26 heavy (non-hydrogen) atoms. The fraction of sp³-hybridized carbons (Fsp3) is 0.500. The number of aromatic nitrogens is 1. The molecule has 1 amide bonds. The zero-order chi connectivity index (χ0) is 18.6. The standard InChI is InChI=1S/C20H26N2O4/c23-14-7-3-1-2-6-13-22-18(11-15-26-20(22)25)9-10-19(24)16-17-8-4-5-12-21-17/h4-5,8-10,12,18-19,23-24H,1,3,7,11,13-16H2/b10-9+/t18-,19?/m0/s1. The number of pyridine rings is 1. The SMILES string of the molecule is O=C1OCC[C@H](/C=C/C(O)Cc2ccccn2)N1CC#CCCCCO. The van der Waals surface area contributed by atoms with Crippen LogP contribution in [0.25, 0.3) is 0 Å². The molecule has 0 radical (unpaired) electrons. The van der Waals surface area contributed by atoms with Gasteiger partial charge in [0, 0.05) is 37.8 Å². The normalized spacial score (nSPS) is 18.3. The second-order valence-electron chi connectivity index (χ2n) is 6.11. The van der Waals surface area contributed by atoms with Crippen LogP contribution in [-0.4, -0.2) is 58.1 Å². The predicted octanol–water partition coefficient (Wildman–Crippen LogP) is 1.92. The number of hydrogen-bond acceptors (Lipinski definition) is 5. The van der Waals surface area contributed by atoms with Crippen molar-refractivity contribution < 1.29 is 19.7 Å². The van der Waals surface area contributed by atoms with Crippen molar-refractivity contribution in [2.24, 2.45) is 0 Å². The maximum Gasteiger partial charge on any atom is 0.411 e. The topological polar surface area (TPSA) is 82.9 Å². The van der Waals surface area contributed by atoms with Gasteiger partial charge >= 0.3 is 6.09 Å². The minimum Gasteiger partial charge on any atom is -0.449 e. The maximum atomic E-state index is 12.0. The molecule has 2 rings (SSSR count). The summed E-state index contributed by atoms with van der Waals surface area (Å²) in [4.78, 5) is 17.8. The molecule has 1 saturated heterocycles. The molecule has 1 unspecified atom stereocenters. The van der Waals surface area contributed by atoms with E-state index in [0.29, 0.717) is 32.4 Å². The molecule has 140 valence electrons. The van der Waals surface area contributed by atoms with Crippen LogP contribution in [0.1, 0.15) is 31.4 Å². The minimum atomic E-state index is -0.658. The molecule has 2 heterocycles. The van der Waals surface area contributed by atoms with Gasteiger partial charge in [0.15, 0.2) is 0 Å². The molecule has 1 aromatic heterocycles. The maximum absolute atomic E-state index is 12.0. The second kappa shape index (κ2) is 11.3. The van der Waals surface area contributed by atoms with Gasteiger partial charge in [0.05, 0.1) is 25.3 Å². The molecule has 1 aliphatic heterocycles. The van der Waals surface area contributed by atoms with E-state index >= 15 is 0 Å². The number of nitrogens with zero attached hydrogens (tertiary/aromatic N) is 2. The Morgan fingerprint density at radius 2 is 2.27 bits per heavy atom. The van der Waals surface area contributed by atoms with Crippen LogP contribution in [0.3, 0.4) is 0 Å². The molecule has 2 atom stereocenters. The molecule has 0 bridgehead atoms. The molecule has 1 fully saturated rings. The highest BCUT2D eigenvalue weighted by Crippen LogP contribution is 2.15. The highest BCUT2D eigenvalue weighted by atomic mass is 16.6. The first-order chi connectivity index (χ1) is 12.7. The molecule has 1 aromatic rings. The summed E-state index contributed by atoms with van der Waals surface area (Å²) in [7, 11) is 0. The Morgan fingerprint density at radius 3 is 3.04 bits per heavy atom. The Balaban J connectivity index is 1.88. The van der Waals surface area contributed by atoms with E-state index in [1.54, 1.807) is 17.2 Å². The largest absolute Gasteiger partial charge is 0.449 e. The van der Waals surface area contributed by atoms with Crippen molar-refractivity contribution in [3.63, 3.8) is 0 Å². The van der Waals surface area contributed by atoms with Gasteiger partial charge in [-0.05, 0) is 25.0 Å². The van der Waals surface area contributed by atoms with E-state index in [2.05, 4.69) is 16.8 Å². The zero-order valence-electron chi connectivity index (χ0n) is 14.9. The molecule has 0 saturated carbocycles. The summed E-state index contributed by atoms with van der Waals surface area (Å²) in [5.41, 5.74) is 0.818. The quantitative estimate of drug-likeness (QED) is 0.421. The highest BCUT2D eigenvalue weighted by Gasteiger charge is 2.27. The van der Waals surface area contributed by atoms with Crippen molar-refractivity contribution in [3.05, 3.63) is 42.2 Å². The van der Waals surface area contributed by atoms with E-state index in [4.69, 9.17) is 9.84 Å². The van der Waals surface area contributed by atoms with Gasteiger partial charge < -0.3 is 14.9 Å². The smallest absolute Gasteiger partial charge is 0.411 e. The van der Waals surface area contributed by atoms with Crippen LogP contribution < -0.4 is 0 Å². The predicted molar refractivity (Wildman–Crippen MR) is 98.3 cm³/mol. The van der Waals surface area contributed by atoms with Gasteiger partial charge in [0.1, 0.15) is 0 Å². The summed E-state index contributed by atoms with van der Waals surface area (Å²) < 4.78 is 5.10. The van der Waals surface area contributed by atoms with E-state index in [1.807, 2.05) is 24.3 Å². The number of ether oxygens (including phenoxy) is 1. The van der Waals surface area contributed by atoms with Crippen molar-refractivity contribution >= 4 is 6.09 Å². The number of aliphatic hydroxyl groups excluding tert-OH is 2. The highest BCUT2D eigenvalue weighted by molar-refractivity contribution is 5.69. The van der Waals surface area contributed by atoms with Crippen molar-refractivity contribution in [2.75, 3.05) is 19.8 Å². The summed E-state index contributed by atoms with van der Waals surface area (Å²) in [5, 5.41) is 18.9. The monoisotopic (exact) mass is 358 g/mol. The Kier molecular flexibility index (Phi) is 8.67. The summed E-state index contributed by atoms with van der Waals surface area (Å²) in [6.45, 7) is 0.835. The Bertz CT molecular complexity index is 636. The molecule has 6 nitrogen and oxygen atoms in total. The first-order valence-corrected chi connectivity index (χ1v) is 8.97. The van der Waals surface area contributed by atoms with Gasteiger partial charge in [-0.1, -0.05) is 24.1 Å². The van der Waals surface area contributed by atoms with Gasteiger partial charge in [-0.2, -0.15) is 0 Å². The van der Waals surface area contributed by atoms with Crippen LogP contribution in [0.4, 0.5) is 4.79 Å². The summed E-state index contributed by atoms with van der Waals surface area (Å²) in [6, 6.07) is 5.45. The fourth-order valence-corrected chi connectivity index (χ4v) is 2.64. The van der Waals surface area contributed by atoms with Crippen molar-refractivity contribution in [1.29, 1.82) is 0 Å². The third kappa shape index (κ3) is 6.87. The number of cyclic esters (lactones) is 1. The van der Waals surface area contributed by atoms with E-state index in [9.17, 15) is 9.90 Å². The van der Waals surface area contributed by atoms with Gasteiger partial charge in [-0.15, -0.1) is 5.92 Å². The Morgan fingerprint density at radius 1 is 1.38 bits per heavy atom. The molecular formula is C20H26N2O4. The van der Waals surface area contributed by atoms with E-state index in [1.165, 1.54) is 0 Å². The molecule has 0 aromatic carbocycles. The molecule has 6 heteroatoms. The third-order valence-electron chi connectivity index (χ3n) is 4.06. The van der Waals surface area contributed by atoms with Crippen LogP contribution in [0.2, 0.25) is 0 Å². The third-order valence-corrected chi connectivity index (χ3v) is 4.06. The lowest BCUT2D eigenvalue weighted by molar-refractivity contribution is 0.0618. The molecule has 2 N–H and O–H groups in total. The van der Waals surface area contributed by atoms with Crippen LogP contribution in [0.5, 0.6) is 0 Å². The Hall–Kier alpha value is -2.36. The first-order valence-electron chi connectivity index (χ1n) is 8.97. The number of aliphatic hydroxyl groups is 2. The number of hydrogen-bond donors (Lipinski definition) is 2.